The molecule has 0 heterocycles. The van der Waals surface area contributed by atoms with Gasteiger partial charge >= 0.3 is 0 Å². The van der Waals surface area contributed by atoms with Crippen molar-refractivity contribution in [2.45, 2.75) is 32.2 Å². The molecule has 0 bridgehead atoms. The van der Waals surface area contributed by atoms with Crippen LogP contribution in [0.15, 0.2) is 30.3 Å². The fraction of sp³-hybridized carbons (Fsp3) is 0.600. The molecule has 0 aliphatic rings. The van der Waals surface area contributed by atoms with E-state index in [2.05, 4.69) is 31.3 Å². The van der Waals surface area contributed by atoms with Gasteiger partial charge in [-0.05, 0) is 30.7 Å². The Morgan fingerprint density at radius 1 is 1.17 bits per heavy atom. The van der Waals surface area contributed by atoms with Gasteiger partial charge in [-0.1, -0.05) is 44.2 Å². The Hall–Kier alpha value is -0.510. The summed E-state index contributed by atoms with van der Waals surface area (Å²) in [5.41, 5.74) is 0.890. The Labute approximate surface area is 115 Å². The first kappa shape index (κ1) is 15.5. The van der Waals surface area contributed by atoms with Crippen molar-refractivity contribution >= 4 is 11.8 Å². The molecule has 0 saturated heterocycles. The molecule has 1 rings (SSSR count). The largest absolute Gasteiger partial charge is 0.394 e. The van der Waals surface area contributed by atoms with Crippen molar-refractivity contribution in [2.24, 2.45) is 0 Å². The number of benzene rings is 1. The third-order valence-corrected chi connectivity index (χ3v) is 4.40. The lowest BCUT2D eigenvalue weighted by molar-refractivity contribution is 0.179. The molecule has 1 aromatic rings. The van der Waals surface area contributed by atoms with E-state index < -0.39 is 0 Å². The fourth-order valence-electron chi connectivity index (χ4n) is 1.94. The van der Waals surface area contributed by atoms with Crippen LogP contribution in [0.1, 0.15) is 32.3 Å². The molecule has 3 heteroatoms. The molecule has 0 fully saturated rings. The molecule has 102 valence electrons. The summed E-state index contributed by atoms with van der Waals surface area (Å²) in [5, 5.41) is 13.4. The van der Waals surface area contributed by atoms with E-state index in [9.17, 15) is 5.11 Å². The average molecular weight is 267 g/mol. The van der Waals surface area contributed by atoms with Crippen LogP contribution in [0.3, 0.4) is 0 Å². The Bertz CT molecular complexity index is 318. The minimum absolute atomic E-state index is 0.147. The van der Waals surface area contributed by atoms with E-state index in [0.717, 1.165) is 24.5 Å². The molecule has 0 aliphatic heterocycles. The zero-order valence-corrected chi connectivity index (χ0v) is 12.3. The molecule has 2 N–H and O–H groups in total. The van der Waals surface area contributed by atoms with E-state index >= 15 is 0 Å². The van der Waals surface area contributed by atoms with Gasteiger partial charge in [0.15, 0.2) is 0 Å². The van der Waals surface area contributed by atoms with E-state index in [-0.39, 0.29) is 12.1 Å². The highest BCUT2D eigenvalue weighted by Gasteiger charge is 2.30. The predicted octanol–water partition coefficient (Wildman–Crippen LogP) is 3.02. The van der Waals surface area contributed by atoms with Gasteiger partial charge in [-0.25, -0.2) is 0 Å². The molecule has 0 aromatic heterocycles. The topological polar surface area (TPSA) is 32.3 Å². The van der Waals surface area contributed by atoms with Gasteiger partial charge < -0.3 is 10.4 Å². The van der Waals surface area contributed by atoms with E-state index in [1.165, 1.54) is 12.0 Å². The van der Waals surface area contributed by atoms with E-state index in [0.29, 0.717) is 0 Å². The maximum absolute atomic E-state index is 9.88. The van der Waals surface area contributed by atoms with Crippen molar-refractivity contribution in [3.05, 3.63) is 35.9 Å². The first-order valence-corrected chi connectivity index (χ1v) is 7.93. The number of nitrogens with one attached hydrogen (secondary N) is 1. The molecule has 1 atom stereocenters. The van der Waals surface area contributed by atoms with Crippen LogP contribution < -0.4 is 5.32 Å². The number of rotatable bonds is 9. The highest BCUT2D eigenvalue weighted by Crippen LogP contribution is 2.26. The van der Waals surface area contributed by atoms with Crippen molar-refractivity contribution in [1.29, 1.82) is 0 Å². The smallest absolute Gasteiger partial charge is 0.0760 e. The predicted molar refractivity (Wildman–Crippen MR) is 81.1 cm³/mol. The minimum Gasteiger partial charge on any atom is -0.394 e. The summed E-state index contributed by atoms with van der Waals surface area (Å²) in [7, 11) is 0. The van der Waals surface area contributed by atoms with Crippen LogP contribution in [0, 0.1) is 0 Å². The highest BCUT2D eigenvalue weighted by molar-refractivity contribution is 7.99. The molecule has 0 radical (unpaired) electrons. The second-order valence-electron chi connectivity index (χ2n) is 4.59. The van der Waals surface area contributed by atoms with Crippen LogP contribution in [-0.2, 0) is 5.54 Å². The van der Waals surface area contributed by atoms with Crippen LogP contribution >= 0.6 is 11.8 Å². The zero-order chi connectivity index (χ0) is 13.3. The maximum atomic E-state index is 9.88. The van der Waals surface area contributed by atoms with Crippen LogP contribution in [0.25, 0.3) is 0 Å². The summed E-state index contributed by atoms with van der Waals surface area (Å²) < 4.78 is 0. The number of hydrogen-bond donors (Lipinski definition) is 2. The SMILES string of the molecule is CCCNC(CO)(CSCCC)c1ccccc1. The standard InChI is InChI=1S/C15H25NOS/c1-3-10-16-15(12-17,13-18-11-4-2)14-8-6-5-7-9-14/h5-9,16-17H,3-4,10-13H2,1-2H3. The van der Waals surface area contributed by atoms with E-state index in [1.807, 2.05) is 30.0 Å². The Morgan fingerprint density at radius 3 is 2.44 bits per heavy atom. The molecule has 0 saturated carbocycles. The molecule has 18 heavy (non-hydrogen) atoms. The molecular weight excluding hydrogens is 242 g/mol. The Morgan fingerprint density at radius 2 is 1.89 bits per heavy atom. The first-order chi connectivity index (χ1) is 8.79. The van der Waals surface area contributed by atoms with Crippen LogP contribution in [0.4, 0.5) is 0 Å². The average Bonchev–Trinajstić information content (AvgIpc) is 2.44. The minimum atomic E-state index is -0.295. The molecule has 2 nitrogen and oxygen atoms in total. The van der Waals surface area contributed by atoms with Gasteiger partial charge in [0.25, 0.3) is 0 Å². The molecule has 0 spiro atoms. The van der Waals surface area contributed by atoms with Gasteiger partial charge in [0, 0.05) is 5.75 Å². The summed E-state index contributed by atoms with van der Waals surface area (Å²) in [4.78, 5) is 0. The van der Waals surface area contributed by atoms with Gasteiger partial charge in [-0.15, -0.1) is 0 Å². The molecular formula is C15H25NOS. The van der Waals surface area contributed by atoms with Gasteiger partial charge in [-0.3, -0.25) is 0 Å². The van der Waals surface area contributed by atoms with E-state index in [1.54, 1.807) is 0 Å². The zero-order valence-electron chi connectivity index (χ0n) is 11.5. The normalized spacial score (nSPS) is 14.4. The molecule has 0 amide bonds. The molecule has 1 aromatic carbocycles. The van der Waals surface area contributed by atoms with Crippen molar-refractivity contribution in [3.63, 3.8) is 0 Å². The third kappa shape index (κ3) is 4.30. The van der Waals surface area contributed by atoms with Crippen molar-refractivity contribution in [3.8, 4) is 0 Å². The molecule has 1 unspecified atom stereocenters. The lowest BCUT2D eigenvalue weighted by atomic mass is 9.92. The third-order valence-electron chi connectivity index (χ3n) is 3.01. The van der Waals surface area contributed by atoms with Gasteiger partial charge in [0.1, 0.15) is 0 Å². The maximum Gasteiger partial charge on any atom is 0.0760 e. The lowest BCUT2D eigenvalue weighted by Gasteiger charge is -2.33. The fourth-order valence-corrected chi connectivity index (χ4v) is 3.08. The van der Waals surface area contributed by atoms with Crippen LogP contribution in [-0.4, -0.2) is 29.8 Å². The first-order valence-electron chi connectivity index (χ1n) is 6.78. The van der Waals surface area contributed by atoms with Crippen molar-refractivity contribution in [2.75, 3.05) is 24.7 Å². The number of thioether (sulfide) groups is 1. The summed E-state index contributed by atoms with van der Waals surface area (Å²) in [6.07, 6.45) is 2.25. The number of aliphatic hydroxyl groups excluding tert-OH is 1. The summed E-state index contributed by atoms with van der Waals surface area (Å²) in [6, 6.07) is 10.3. The van der Waals surface area contributed by atoms with Crippen molar-refractivity contribution < 1.29 is 5.11 Å². The van der Waals surface area contributed by atoms with Gasteiger partial charge in [0.05, 0.1) is 12.1 Å². The summed E-state index contributed by atoms with van der Waals surface area (Å²) in [6.45, 7) is 5.42. The highest BCUT2D eigenvalue weighted by atomic mass is 32.2. The molecule has 0 aliphatic carbocycles. The van der Waals surface area contributed by atoms with Gasteiger partial charge in [0.2, 0.25) is 0 Å². The number of hydrogen-bond acceptors (Lipinski definition) is 3. The summed E-state index contributed by atoms with van der Waals surface area (Å²) in [5.74, 6) is 2.06. The second-order valence-corrected chi connectivity index (χ2v) is 5.69. The lowest BCUT2D eigenvalue weighted by Crippen LogP contribution is -2.48. The van der Waals surface area contributed by atoms with Crippen LogP contribution in [0.2, 0.25) is 0 Å². The monoisotopic (exact) mass is 267 g/mol. The van der Waals surface area contributed by atoms with Crippen LogP contribution in [0.5, 0.6) is 0 Å². The Balaban J connectivity index is 2.83. The van der Waals surface area contributed by atoms with E-state index in [4.69, 9.17) is 0 Å². The summed E-state index contributed by atoms with van der Waals surface area (Å²) >= 11 is 1.91. The van der Waals surface area contributed by atoms with Gasteiger partial charge in [-0.2, -0.15) is 11.8 Å². The number of aliphatic hydroxyl groups is 1. The quantitative estimate of drug-likeness (QED) is 0.675. The Kier molecular flexibility index (Phi) is 7.40. The van der Waals surface area contributed by atoms with Crippen molar-refractivity contribution in [1.82, 2.24) is 5.32 Å². The second kappa shape index (κ2) is 8.57.